The van der Waals surface area contributed by atoms with Gasteiger partial charge >= 0.3 is 6.03 Å². The quantitative estimate of drug-likeness (QED) is 0.794. The summed E-state index contributed by atoms with van der Waals surface area (Å²) in [5, 5.41) is 3.48. The Morgan fingerprint density at radius 2 is 2.00 bits per heavy atom. The van der Waals surface area contributed by atoms with Crippen molar-refractivity contribution in [3.8, 4) is 0 Å². The third kappa shape index (κ3) is 1.86. The number of aromatic nitrogens is 1. The van der Waals surface area contributed by atoms with Crippen LogP contribution in [0.2, 0.25) is 0 Å². The van der Waals surface area contributed by atoms with Crippen molar-refractivity contribution in [2.24, 2.45) is 0 Å². The highest BCUT2D eigenvalue weighted by atomic mass is 16.2. The zero-order chi connectivity index (χ0) is 15.3. The van der Waals surface area contributed by atoms with Crippen LogP contribution in [-0.4, -0.2) is 58.3 Å². The number of nitrogens with zero attached hydrogens (tertiary/aromatic N) is 2. The lowest BCUT2D eigenvalue weighted by molar-refractivity contribution is -0.128. The second-order valence-electron chi connectivity index (χ2n) is 5.57. The fourth-order valence-corrected chi connectivity index (χ4v) is 2.96. The summed E-state index contributed by atoms with van der Waals surface area (Å²) in [6, 6.07) is 6.83. The van der Waals surface area contributed by atoms with Crippen molar-refractivity contribution in [2.75, 3.05) is 19.6 Å². The van der Waals surface area contributed by atoms with Crippen molar-refractivity contribution >= 4 is 28.7 Å². The largest absolute Gasteiger partial charge is 0.361 e. The molecule has 0 aliphatic carbocycles. The van der Waals surface area contributed by atoms with E-state index in [9.17, 15) is 14.4 Å². The molecule has 2 aromatic rings. The maximum atomic E-state index is 12.4. The number of aromatic amines is 1. The molecule has 0 unspecified atom stereocenters. The van der Waals surface area contributed by atoms with Gasteiger partial charge in [0.2, 0.25) is 5.91 Å². The number of H-pyrrole nitrogens is 1. The number of nitrogens with one attached hydrogen (secondary N) is 2. The van der Waals surface area contributed by atoms with Crippen LogP contribution in [0.5, 0.6) is 0 Å². The molecular formula is C15H14N4O3. The van der Waals surface area contributed by atoms with Gasteiger partial charge in [-0.2, -0.15) is 0 Å². The highest BCUT2D eigenvalue weighted by Crippen LogP contribution is 2.22. The highest BCUT2D eigenvalue weighted by molar-refractivity contribution is 6.03. The first-order valence-electron chi connectivity index (χ1n) is 7.10. The van der Waals surface area contributed by atoms with Crippen LogP contribution >= 0.6 is 0 Å². The van der Waals surface area contributed by atoms with Crippen molar-refractivity contribution < 1.29 is 14.4 Å². The van der Waals surface area contributed by atoms with E-state index in [2.05, 4.69) is 10.3 Å². The molecule has 0 radical (unpaired) electrons. The number of hydrogen-bond donors (Lipinski definition) is 2. The molecule has 0 spiro atoms. The molecule has 112 valence electrons. The van der Waals surface area contributed by atoms with Gasteiger partial charge in [-0.15, -0.1) is 0 Å². The summed E-state index contributed by atoms with van der Waals surface area (Å²) in [5.74, 6) is -0.303. The molecule has 3 heterocycles. The molecule has 0 saturated carbocycles. The Bertz CT molecular complexity index is 775. The van der Waals surface area contributed by atoms with E-state index < -0.39 is 0 Å². The van der Waals surface area contributed by atoms with Crippen molar-refractivity contribution in [2.45, 2.75) is 6.04 Å². The first-order valence-corrected chi connectivity index (χ1v) is 7.10. The number of carbonyl (C=O) groups excluding carboxylic acids is 3. The van der Waals surface area contributed by atoms with E-state index in [4.69, 9.17) is 0 Å². The predicted octanol–water partition coefficient (Wildman–Crippen LogP) is 0.544. The van der Waals surface area contributed by atoms with Gasteiger partial charge in [0.1, 0.15) is 0 Å². The summed E-state index contributed by atoms with van der Waals surface area (Å²) in [4.78, 5) is 41.6. The number of rotatable bonds is 2. The van der Waals surface area contributed by atoms with Crippen LogP contribution in [0, 0.1) is 0 Å². The van der Waals surface area contributed by atoms with E-state index in [1.807, 2.05) is 24.4 Å². The van der Waals surface area contributed by atoms with E-state index in [1.165, 1.54) is 4.90 Å². The molecular weight excluding hydrogens is 284 g/mol. The van der Waals surface area contributed by atoms with Gasteiger partial charge in [0, 0.05) is 35.8 Å². The number of likely N-dealkylation sites (tertiary alicyclic amines) is 1. The minimum Gasteiger partial charge on any atom is -0.361 e. The second-order valence-corrected chi connectivity index (χ2v) is 5.57. The maximum Gasteiger partial charge on any atom is 0.324 e. The van der Waals surface area contributed by atoms with Gasteiger partial charge in [-0.05, 0) is 24.3 Å². The Kier molecular flexibility index (Phi) is 2.69. The zero-order valence-corrected chi connectivity index (χ0v) is 11.7. The number of amides is 4. The molecule has 2 N–H and O–H groups in total. The lowest BCUT2D eigenvalue weighted by Gasteiger charge is -2.42. The Morgan fingerprint density at radius 1 is 1.18 bits per heavy atom. The molecule has 2 saturated heterocycles. The average Bonchev–Trinajstić information content (AvgIpc) is 3.05. The average molecular weight is 298 g/mol. The number of imide groups is 1. The SMILES string of the molecule is O=C(c1ccc2[nH]ccc2c1)N1CC(N2C(=O)CNC2=O)C1. The van der Waals surface area contributed by atoms with Crippen LogP contribution in [0.1, 0.15) is 10.4 Å². The Morgan fingerprint density at radius 3 is 2.73 bits per heavy atom. The predicted molar refractivity (Wildman–Crippen MR) is 78.2 cm³/mol. The summed E-state index contributed by atoms with van der Waals surface area (Å²) in [7, 11) is 0. The summed E-state index contributed by atoms with van der Waals surface area (Å²) in [6.45, 7) is 0.833. The lowest BCUT2D eigenvalue weighted by atomic mass is 10.0. The van der Waals surface area contributed by atoms with Crippen LogP contribution in [0.15, 0.2) is 30.5 Å². The molecule has 7 nitrogen and oxygen atoms in total. The van der Waals surface area contributed by atoms with E-state index in [0.29, 0.717) is 18.7 Å². The molecule has 2 aliphatic heterocycles. The topological polar surface area (TPSA) is 85.5 Å². The molecule has 2 fully saturated rings. The van der Waals surface area contributed by atoms with E-state index >= 15 is 0 Å². The normalized spacial score (nSPS) is 18.7. The first-order chi connectivity index (χ1) is 10.6. The van der Waals surface area contributed by atoms with Crippen molar-refractivity contribution in [1.82, 2.24) is 20.1 Å². The fourth-order valence-electron chi connectivity index (χ4n) is 2.96. The minimum atomic E-state index is -0.365. The fraction of sp³-hybridized carbons (Fsp3) is 0.267. The van der Waals surface area contributed by atoms with Gasteiger partial charge < -0.3 is 15.2 Å². The van der Waals surface area contributed by atoms with Crippen LogP contribution < -0.4 is 5.32 Å². The Labute approximate surface area is 125 Å². The highest BCUT2D eigenvalue weighted by Gasteiger charge is 2.43. The van der Waals surface area contributed by atoms with Gasteiger partial charge in [0.25, 0.3) is 5.91 Å². The first kappa shape index (κ1) is 12.9. The van der Waals surface area contributed by atoms with Gasteiger partial charge in [0.05, 0.1) is 12.6 Å². The minimum absolute atomic E-state index is 0.0490. The smallest absolute Gasteiger partial charge is 0.324 e. The van der Waals surface area contributed by atoms with Crippen LogP contribution in [0.25, 0.3) is 10.9 Å². The zero-order valence-electron chi connectivity index (χ0n) is 11.7. The number of hydrogen-bond acceptors (Lipinski definition) is 3. The van der Waals surface area contributed by atoms with Gasteiger partial charge in [-0.25, -0.2) is 4.79 Å². The monoisotopic (exact) mass is 298 g/mol. The van der Waals surface area contributed by atoms with E-state index in [-0.39, 0.29) is 30.4 Å². The molecule has 0 bridgehead atoms. The third-order valence-electron chi connectivity index (χ3n) is 4.19. The standard InChI is InChI=1S/C15H14N4O3/c20-13-6-17-15(22)19(13)11-7-18(8-11)14(21)10-1-2-12-9(5-10)3-4-16-12/h1-5,11,16H,6-8H2,(H,17,22). The van der Waals surface area contributed by atoms with Crippen molar-refractivity contribution in [1.29, 1.82) is 0 Å². The number of urea groups is 1. The summed E-state index contributed by atoms with van der Waals surface area (Å²) in [5.41, 5.74) is 1.60. The molecule has 2 aliphatic rings. The van der Waals surface area contributed by atoms with E-state index in [1.54, 1.807) is 11.0 Å². The van der Waals surface area contributed by atoms with Crippen molar-refractivity contribution in [3.05, 3.63) is 36.0 Å². The van der Waals surface area contributed by atoms with Crippen LogP contribution in [0.3, 0.4) is 0 Å². The molecule has 22 heavy (non-hydrogen) atoms. The molecule has 1 aromatic heterocycles. The number of benzene rings is 1. The lowest BCUT2D eigenvalue weighted by Crippen LogP contribution is -2.62. The summed E-state index contributed by atoms with van der Waals surface area (Å²) >= 11 is 0. The van der Waals surface area contributed by atoms with Gasteiger partial charge in [-0.3, -0.25) is 14.5 Å². The molecule has 0 atom stereocenters. The molecule has 4 rings (SSSR count). The van der Waals surface area contributed by atoms with Crippen LogP contribution in [0.4, 0.5) is 4.79 Å². The third-order valence-corrected chi connectivity index (χ3v) is 4.19. The second kappa shape index (κ2) is 4.59. The maximum absolute atomic E-state index is 12.4. The summed E-state index contributed by atoms with van der Waals surface area (Å²) in [6.07, 6.45) is 1.83. The van der Waals surface area contributed by atoms with E-state index in [0.717, 1.165) is 10.9 Å². The number of carbonyl (C=O) groups is 3. The van der Waals surface area contributed by atoms with Crippen molar-refractivity contribution in [3.63, 3.8) is 0 Å². The molecule has 7 heteroatoms. The number of fused-ring (bicyclic) bond motifs is 1. The Hall–Kier alpha value is -2.83. The molecule has 4 amide bonds. The summed E-state index contributed by atoms with van der Waals surface area (Å²) < 4.78 is 0. The molecule has 1 aromatic carbocycles. The van der Waals surface area contributed by atoms with Gasteiger partial charge in [0.15, 0.2) is 0 Å². The van der Waals surface area contributed by atoms with Crippen LogP contribution in [-0.2, 0) is 4.79 Å². The Balaban J connectivity index is 1.47. The van der Waals surface area contributed by atoms with Gasteiger partial charge in [-0.1, -0.05) is 0 Å².